The zero-order valence-corrected chi connectivity index (χ0v) is 12.1. The summed E-state index contributed by atoms with van der Waals surface area (Å²) in [5.74, 6) is 0.206. The van der Waals surface area contributed by atoms with E-state index in [1.165, 1.54) is 29.2 Å². The Hall–Kier alpha value is -2.07. The molecular weight excluding hydrogens is 347 g/mol. The lowest BCUT2D eigenvalue weighted by Crippen LogP contribution is -2.29. The minimum absolute atomic E-state index is 0.0203. The molecule has 11 heteroatoms. The van der Waals surface area contributed by atoms with E-state index in [9.17, 15) is 21.6 Å². The maximum absolute atomic E-state index is 12.2. The fourth-order valence-electron chi connectivity index (χ4n) is 1.26. The molecule has 1 aromatic carbocycles. The van der Waals surface area contributed by atoms with Crippen LogP contribution in [-0.2, 0) is 10.0 Å². The number of ether oxygens (including phenoxy) is 1. The molecule has 0 fully saturated rings. The molecule has 118 valence electrons. The molecule has 2 aromatic rings. The average molecular weight is 354 g/mol. The molecule has 0 aliphatic rings. The van der Waals surface area contributed by atoms with Crippen LogP contribution >= 0.6 is 11.6 Å². The van der Waals surface area contributed by atoms with Gasteiger partial charge < -0.3 is 4.74 Å². The van der Waals surface area contributed by atoms with Crippen LogP contribution in [0.15, 0.2) is 36.7 Å². The summed E-state index contributed by atoms with van der Waals surface area (Å²) in [6, 6.07) is 4.70. The average Bonchev–Trinajstić information content (AvgIpc) is 2.42. The number of sulfonamides is 1. The maximum atomic E-state index is 12.2. The molecule has 0 aliphatic carbocycles. The number of aromatic nitrogens is 2. The second-order valence-electron chi connectivity index (χ2n) is 3.86. The summed E-state index contributed by atoms with van der Waals surface area (Å²) in [5, 5.41) is 0.309. The quantitative estimate of drug-likeness (QED) is 0.913. The van der Waals surface area contributed by atoms with E-state index in [4.69, 9.17) is 16.3 Å². The van der Waals surface area contributed by atoms with Gasteiger partial charge in [0.25, 0.3) is 0 Å². The molecule has 22 heavy (non-hydrogen) atoms. The van der Waals surface area contributed by atoms with Crippen molar-refractivity contribution in [2.45, 2.75) is 5.51 Å². The highest BCUT2D eigenvalue weighted by Gasteiger charge is 2.45. The van der Waals surface area contributed by atoms with Crippen LogP contribution in [0.4, 0.5) is 18.9 Å². The van der Waals surface area contributed by atoms with Crippen molar-refractivity contribution >= 4 is 27.3 Å². The molecule has 0 bridgehead atoms. The number of anilines is 1. The van der Waals surface area contributed by atoms with E-state index in [1.54, 1.807) is 0 Å². The van der Waals surface area contributed by atoms with E-state index in [0.29, 0.717) is 5.02 Å². The van der Waals surface area contributed by atoms with Gasteiger partial charge in [0.1, 0.15) is 5.75 Å². The fourth-order valence-corrected chi connectivity index (χ4v) is 1.92. The largest absolute Gasteiger partial charge is 0.516 e. The molecular formula is C11H7ClF3N3O3S. The molecule has 0 saturated heterocycles. The van der Waals surface area contributed by atoms with Crippen molar-refractivity contribution in [1.29, 1.82) is 0 Å². The van der Waals surface area contributed by atoms with Gasteiger partial charge in [-0.25, -0.2) is 9.97 Å². The van der Waals surface area contributed by atoms with Crippen LogP contribution in [0.2, 0.25) is 5.02 Å². The summed E-state index contributed by atoms with van der Waals surface area (Å²) in [4.78, 5) is 7.52. The number of rotatable bonds is 4. The Morgan fingerprint density at radius 2 is 1.64 bits per heavy atom. The molecule has 1 aromatic heterocycles. The lowest BCUT2D eigenvalue weighted by Gasteiger charge is -2.10. The van der Waals surface area contributed by atoms with Crippen LogP contribution in [0.3, 0.4) is 0 Å². The molecule has 2 rings (SSSR count). The first kappa shape index (κ1) is 16.3. The lowest BCUT2D eigenvalue weighted by atomic mass is 10.3. The van der Waals surface area contributed by atoms with E-state index >= 15 is 0 Å². The number of hydrogen-bond donors (Lipinski definition) is 1. The Morgan fingerprint density at radius 3 is 2.14 bits per heavy atom. The molecule has 0 unspecified atom stereocenters. The topological polar surface area (TPSA) is 81.2 Å². The van der Waals surface area contributed by atoms with Gasteiger partial charge in [0.05, 0.1) is 17.4 Å². The first-order valence-corrected chi connectivity index (χ1v) is 7.38. The molecule has 0 amide bonds. The van der Waals surface area contributed by atoms with E-state index in [0.717, 1.165) is 12.1 Å². The number of hydrogen-bond acceptors (Lipinski definition) is 5. The SMILES string of the molecule is O=S(=O)(Nc1ccc(Oc2ncc(Cl)cn2)cc1)C(F)(F)F. The van der Waals surface area contributed by atoms with E-state index in [-0.39, 0.29) is 17.4 Å². The Kier molecular flexibility index (Phi) is 4.42. The Labute approximate surface area is 128 Å². The van der Waals surface area contributed by atoms with Gasteiger partial charge in [-0.2, -0.15) is 21.6 Å². The van der Waals surface area contributed by atoms with Crippen molar-refractivity contribution in [3.05, 3.63) is 41.7 Å². The van der Waals surface area contributed by atoms with Gasteiger partial charge in [0.2, 0.25) is 0 Å². The molecule has 1 N–H and O–H groups in total. The van der Waals surface area contributed by atoms with E-state index in [2.05, 4.69) is 9.97 Å². The lowest BCUT2D eigenvalue weighted by molar-refractivity contribution is -0.0429. The predicted molar refractivity (Wildman–Crippen MR) is 72.2 cm³/mol. The van der Waals surface area contributed by atoms with Crippen molar-refractivity contribution in [2.75, 3.05) is 4.72 Å². The van der Waals surface area contributed by atoms with E-state index < -0.39 is 15.5 Å². The molecule has 0 radical (unpaired) electrons. The highest BCUT2D eigenvalue weighted by molar-refractivity contribution is 7.93. The smallest absolute Gasteiger partial charge is 0.424 e. The van der Waals surface area contributed by atoms with Crippen molar-refractivity contribution in [3.63, 3.8) is 0 Å². The van der Waals surface area contributed by atoms with Crippen LogP contribution < -0.4 is 9.46 Å². The normalized spacial score (nSPS) is 12.0. The highest BCUT2D eigenvalue weighted by Crippen LogP contribution is 2.27. The Morgan fingerprint density at radius 1 is 1.09 bits per heavy atom. The van der Waals surface area contributed by atoms with Gasteiger partial charge in [0.15, 0.2) is 0 Å². The predicted octanol–water partition coefficient (Wildman–Crippen LogP) is 3.18. The molecule has 6 nitrogen and oxygen atoms in total. The van der Waals surface area contributed by atoms with Gasteiger partial charge >= 0.3 is 21.5 Å². The van der Waals surface area contributed by atoms with Gasteiger partial charge in [-0.1, -0.05) is 11.6 Å². The van der Waals surface area contributed by atoms with Crippen molar-refractivity contribution in [2.24, 2.45) is 0 Å². The summed E-state index contributed by atoms with van der Waals surface area (Å²) in [6.07, 6.45) is 2.60. The van der Waals surface area contributed by atoms with Crippen LogP contribution in [0.1, 0.15) is 0 Å². The zero-order valence-electron chi connectivity index (χ0n) is 10.5. The second kappa shape index (κ2) is 5.97. The van der Waals surface area contributed by atoms with Crippen molar-refractivity contribution in [3.8, 4) is 11.8 Å². The first-order valence-electron chi connectivity index (χ1n) is 5.52. The zero-order chi connectivity index (χ0) is 16.4. The number of nitrogens with one attached hydrogen (secondary N) is 1. The second-order valence-corrected chi connectivity index (χ2v) is 5.97. The van der Waals surface area contributed by atoms with Crippen LogP contribution in [0, 0.1) is 0 Å². The number of halogens is 4. The third-order valence-corrected chi connectivity index (χ3v) is 3.53. The summed E-state index contributed by atoms with van der Waals surface area (Å²) in [7, 11) is -5.46. The number of nitrogens with zero attached hydrogens (tertiary/aromatic N) is 2. The minimum Gasteiger partial charge on any atom is -0.424 e. The summed E-state index contributed by atoms with van der Waals surface area (Å²) >= 11 is 5.60. The Bertz CT molecular complexity index is 749. The van der Waals surface area contributed by atoms with Crippen molar-refractivity contribution < 1.29 is 26.3 Å². The van der Waals surface area contributed by atoms with Crippen LogP contribution in [-0.4, -0.2) is 23.9 Å². The molecule has 0 aliphatic heterocycles. The van der Waals surface area contributed by atoms with Crippen LogP contribution in [0.25, 0.3) is 0 Å². The third-order valence-electron chi connectivity index (χ3n) is 2.22. The Balaban J connectivity index is 2.09. The fraction of sp³-hybridized carbons (Fsp3) is 0.0909. The molecule has 0 saturated carbocycles. The molecule has 0 atom stereocenters. The van der Waals surface area contributed by atoms with Crippen molar-refractivity contribution in [1.82, 2.24) is 9.97 Å². The summed E-state index contributed by atoms with van der Waals surface area (Å²) in [6.45, 7) is 0. The summed E-state index contributed by atoms with van der Waals surface area (Å²) in [5.41, 5.74) is -5.65. The van der Waals surface area contributed by atoms with Gasteiger partial charge in [-0.3, -0.25) is 4.72 Å². The molecule has 1 heterocycles. The van der Waals surface area contributed by atoms with Gasteiger partial charge in [0, 0.05) is 5.69 Å². The maximum Gasteiger partial charge on any atom is 0.516 e. The minimum atomic E-state index is -5.46. The van der Waals surface area contributed by atoms with Crippen LogP contribution in [0.5, 0.6) is 11.8 Å². The monoisotopic (exact) mass is 353 g/mol. The van der Waals surface area contributed by atoms with E-state index in [1.807, 2.05) is 0 Å². The third kappa shape index (κ3) is 3.98. The van der Waals surface area contributed by atoms with Gasteiger partial charge in [-0.15, -0.1) is 0 Å². The first-order chi connectivity index (χ1) is 10.2. The number of benzene rings is 1. The standard InChI is InChI=1S/C11H7ClF3N3O3S/c12-7-5-16-10(17-6-7)21-9-3-1-8(2-4-9)18-22(19,20)11(13,14)15/h1-6,18H. The summed E-state index contributed by atoms with van der Waals surface area (Å²) < 4.78 is 65.1. The highest BCUT2D eigenvalue weighted by atomic mass is 35.5. The molecule has 0 spiro atoms. The number of alkyl halides is 3. The van der Waals surface area contributed by atoms with Gasteiger partial charge in [-0.05, 0) is 24.3 Å².